The lowest BCUT2D eigenvalue weighted by atomic mass is 10.3. The van der Waals surface area contributed by atoms with Crippen LogP contribution in [0.1, 0.15) is 0 Å². The minimum Gasteiger partial charge on any atom is -0.495 e. The minimum atomic E-state index is 0.632. The van der Waals surface area contributed by atoms with Gasteiger partial charge in [-0.15, -0.1) is 0 Å². The van der Waals surface area contributed by atoms with Gasteiger partial charge >= 0.3 is 0 Å². The maximum absolute atomic E-state index is 5.31. The first-order chi connectivity index (χ1) is 7.30. The number of fused-ring (bicyclic) bond motifs is 1. The molecular formula is C9H11N3O2S. The summed E-state index contributed by atoms with van der Waals surface area (Å²) in [5.74, 6) is 6.79. The number of nitrogens with two attached hydrogens (primary N) is 1. The third-order valence-electron chi connectivity index (χ3n) is 2.03. The zero-order valence-corrected chi connectivity index (χ0v) is 9.22. The van der Waals surface area contributed by atoms with E-state index in [1.165, 1.54) is 11.3 Å². The second-order valence-corrected chi connectivity index (χ2v) is 3.81. The summed E-state index contributed by atoms with van der Waals surface area (Å²) in [6, 6.07) is 3.67. The largest absolute Gasteiger partial charge is 0.495 e. The Morgan fingerprint density at radius 3 is 2.53 bits per heavy atom. The molecule has 2 aromatic rings. The van der Waals surface area contributed by atoms with Crippen molar-refractivity contribution in [2.75, 3.05) is 19.6 Å². The molecule has 0 atom stereocenters. The maximum atomic E-state index is 5.31. The zero-order valence-electron chi connectivity index (χ0n) is 8.40. The normalized spacial score (nSPS) is 10.3. The summed E-state index contributed by atoms with van der Waals surface area (Å²) < 4.78 is 11.4. The number of hydrogen-bond acceptors (Lipinski definition) is 6. The van der Waals surface area contributed by atoms with Crippen molar-refractivity contribution < 1.29 is 9.47 Å². The van der Waals surface area contributed by atoms with Gasteiger partial charge in [0.2, 0.25) is 0 Å². The number of anilines is 1. The standard InChI is InChI=1S/C9H11N3O2S/c1-13-5-3-4-6(14-2)8-7(5)11-9(12-10)15-8/h3-4H,10H2,1-2H3,(H,11,12). The summed E-state index contributed by atoms with van der Waals surface area (Å²) in [6.07, 6.45) is 0. The Morgan fingerprint density at radius 1 is 1.27 bits per heavy atom. The molecule has 0 aliphatic rings. The lowest BCUT2D eigenvalue weighted by molar-refractivity contribution is 0.410. The van der Waals surface area contributed by atoms with Crippen LogP contribution in [-0.4, -0.2) is 19.2 Å². The number of methoxy groups -OCH3 is 2. The van der Waals surface area contributed by atoms with Crippen LogP contribution in [0.3, 0.4) is 0 Å². The van der Waals surface area contributed by atoms with E-state index in [0.717, 1.165) is 16.0 Å². The summed E-state index contributed by atoms with van der Waals surface area (Å²) in [6.45, 7) is 0. The van der Waals surface area contributed by atoms with Crippen molar-refractivity contribution in [1.29, 1.82) is 0 Å². The Labute approximate surface area is 90.8 Å². The third kappa shape index (κ3) is 1.57. The van der Waals surface area contributed by atoms with Gasteiger partial charge < -0.3 is 9.47 Å². The second-order valence-electron chi connectivity index (χ2n) is 2.81. The number of nitrogen functional groups attached to an aromatic ring is 1. The first kappa shape index (κ1) is 10.0. The molecule has 0 radical (unpaired) electrons. The first-order valence-electron chi connectivity index (χ1n) is 4.28. The van der Waals surface area contributed by atoms with Crippen LogP contribution in [0.5, 0.6) is 11.5 Å². The molecule has 1 aromatic carbocycles. The summed E-state index contributed by atoms with van der Waals surface area (Å²) in [5, 5.41) is 0.632. The van der Waals surface area contributed by atoms with E-state index in [0.29, 0.717) is 10.9 Å². The molecule has 3 N–H and O–H groups in total. The van der Waals surface area contributed by atoms with Crippen LogP contribution in [0.2, 0.25) is 0 Å². The van der Waals surface area contributed by atoms with Crippen molar-refractivity contribution >= 4 is 26.7 Å². The summed E-state index contributed by atoms with van der Waals surface area (Å²) in [5.41, 5.74) is 3.27. The van der Waals surface area contributed by atoms with Gasteiger partial charge in [0.25, 0.3) is 0 Å². The third-order valence-corrected chi connectivity index (χ3v) is 3.03. The molecule has 0 fully saturated rings. The molecule has 15 heavy (non-hydrogen) atoms. The first-order valence-corrected chi connectivity index (χ1v) is 5.10. The summed E-state index contributed by atoms with van der Waals surface area (Å²) >= 11 is 1.43. The van der Waals surface area contributed by atoms with E-state index in [1.807, 2.05) is 12.1 Å². The number of hydrogen-bond donors (Lipinski definition) is 2. The van der Waals surface area contributed by atoms with Crippen LogP contribution in [0, 0.1) is 0 Å². The van der Waals surface area contributed by atoms with E-state index in [-0.39, 0.29) is 0 Å². The molecule has 0 amide bonds. The molecule has 1 aromatic heterocycles. The fourth-order valence-electron chi connectivity index (χ4n) is 1.35. The number of benzene rings is 1. The Balaban J connectivity index is 2.71. The number of nitrogens with one attached hydrogen (secondary N) is 1. The SMILES string of the molecule is COc1ccc(OC)c2sc(NN)nc12. The molecule has 80 valence electrons. The predicted octanol–water partition coefficient (Wildman–Crippen LogP) is 1.60. The Bertz CT molecular complexity index is 442. The van der Waals surface area contributed by atoms with E-state index in [1.54, 1.807) is 14.2 Å². The number of nitrogens with zero attached hydrogens (tertiary/aromatic N) is 1. The summed E-state index contributed by atoms with van der Waals surface area (Å²) in [4.78, 5) is 4.29. The number of aromatic nitrogens is 1. The van der Waals surface area contributed by atoms with Crippen LogP contribution in [0.15, 0.2) is 12.1 Å². The predicted molar refractivity (Wildman–Crippen MR) is 60.5 cm³/mol. The van der Waals surface area contributed by atoms with Gasteiger partial charge in [-0.2, -0.15) is 0 Å². The van der Waals surface area contributed by atoms with Crippen molar-refractivity contribution in [1.82, 2.24) is 4.98 Å². The van der Waals surface area contributed by atoms with Crippen LogP contribution in [0.4, 0.5) is 5.13 Å². The van der Waals surface area contributed by atoms with Gasteiger partial charge in [-0.25, -0.2) is 10.8 Å². The van der Waals surface area contributed by atoms with Gasteiger partial charge in [0.15, 0.2) is 5.13 Å². The van der Waals surface area contributed by atoms with Crippen molar-refractivity contribution in [3.05, 3.63) is 12.1 Å². The Hall–Kier alpha value is -1.53. The highest BCUT2D eigenvalue weighted by Gasteiger charge is 2.12. The second kappa shape index (κ2) is 3.92. The molecule has 0 saturated carbocycles. The van der Waals surface area contributed by atoms with E-state index in [4.69, 9.17) is 15.3 Å². The molecular weight excluding hydrogens is 214 g/mol. The molecule has 2 rings (SSSR count). The minimum absolute atomic E-state index is 0.632. The van der Waals surface area contributed by atoms with E-state index < -0.39 is 0 Å². The molecule has 5 nitrogen and oxygen atoms in total. The maximum Gasteiger partial charge on any atom is 0.198 e. The molecule has 1 heterocycles. The van der Waals surface area contributed by atoms with Gasteiger partial charge in [-0.3, -0.25) is 5.43 Å². The highest BCUT2D eigenvalue weighted by Crippen LogP contribution is 2.38. The molecule has 0 unspecified atom stereocenters. The van der Waals surface area contributed by atoms with Crippen molar-refractivity contribution in [3.8, 4) is 11.5 Å². The van der Waals surface area contributed by atoms with Gasteiger partial charge in [0, 0.05) is 0 Å². The zero-order chi connectivity index (χ0) is 10.8. The smallest absolute Gasteiger partial charge is 0.198 e. The molecule has 0 aliphatic heterocycles. The monoisotopic (exact) mass is 225 g/mol. The van der Waals surface area contributed by atoms with E-state index in [2.05, 4.69) is 10.4 Å². The van der Waals surface area contributed by atoms with E-state index in [9.17, 15) is 0 Å². The quantitative estimate of drug-likeness (QED) is 0.613. The number of thiazole rings is 1. The van der Waals surface area contributed by atoms with Crippen molar-refractivity contribution in [2.24, 2.45) is 5.84 Å². The molecule has 0 bridgehead atoms. The fraction of sp³-hybridized carbons (Fsp3) is 0.222. The van der Waals surface area contributed by atoms with Crippen LogP contribution in [0.25, 0.3) is 10.2 Å². The molecule has 6 heteroatoms. The van der Waals surface area contributed by atoms with Crippen LogP contribution >= 0.6 is 11.3 Å². The van der Waals surface area contributed by atoms with Gasteiger partial charge in [-0.05, 0) is 12.1 Å². The summed E-state index contributed by atoms with van der Waals surface area (Å²) in [7, 11) is 3.23. The number of rotatable bonds is 3. The van der Waals surface area contributed by atoms with Crippen LogP contribution in [-0.2, 0) is 0 Å². The average Bonchev–Trinajstić information content (AvgIpc) is 2.71. The van der Waals surface area contributed by atoms with Gasteiger partial charge in [0.05, 0.1) is 14.2 Å². The lowest BCUT2D eigenvalue weighted by Gasteiger charge is -2.03. The highest BCUT2D eigenvalue weighted by atomic mass is 32.1. The molecule has 0 aliphatic carbocycles. The van der Waals surface area contributed by atoms with Gasteiger partial charge in [0.1, 0.15) is 21.7 Å². The van der Waals surface area contributed by atoms with Crippen LogP contribution < -0.4 is 20.7 Å². The number of ether oxygens (including phenoxy) is 2. The van der Waals surface area contributed by atoms with Crippen molar-refractivity contribution in [3.63, 3.8) is 0 Å². The Kier molecular flexibility index (Phi) is 2.61. The fourth-order valence-corrected chi connectivity index (χ4v) is 2.23. The van der Waals surface area contributed by atoms with Gasteiger partial charge in [-0.1, -0.05) is 11.3 Å². The highest BCUT2D eigenvalue weighted by molar-refractivity contribution is 7.22. The average molecular weight is 225 g/mol. The van der Waals surface area contributed by atoms with Crippen molar-refractivity contribution in [2.45, 2.75) is 0 Å². The molecule has 0 spiro atoms. The lowest BCUT2D eigenvalue weighted by Crippen LogP contribution is -2.05. The number of hydrazine groups is 1. The van der Waals surface area contributed by atoms with E-state index >= 15 is 0 Å². The molecule has 0 saturated heterocycles. The Morgan fingerprint density at radius 2 is 1.93 bits per heavy atom. The topological polar surface area (TPSA) is 69.4 Å².